The van der Waals surface area contributed by atoms with Gasteiger partial charge in [-0.25, -0.2) is 9.97 Å². The molecule has 3 aromatic rings. The smallest absolute Gasteiger partial charge is 0.251 e. The minimum absolute atomic E-state index is 0.0539. The standard InChI is InChI=1S/C27H30ClN5O4/c1-27(15-34)8-5-21-19(27)11-17(13-29-21)24-20(28)14-30-26(33-24)32-22-4-3-16(12-23(22)36-2)25(35)31-18-6-9-37-10-7-18/h3-4,11-14,18,34H,5-10,15H2,1-2H3,(H,31,35)(H,30,32,33). The first-order chi connectivity index (χ1) is 17.9. The van der Waals surface area contributed by atoms with Crippen LogP contribution in [0, 0.1) is 0 Å². The van der Waals surface area contributed by atoms with E-state index in [1.54, 1.807) is 31.5 Å². The number of nitrogens with one attached hydrogen (secondary N) is 2. The molecule has 1 aliphatic carbocycles. The Balaban J connectivity index is 1.38. The van der Waals surface area contributed by atoms with Crippen molar-refractivity contribution in [2.45, 2.75) is 44.1 Å². The van der Waals surface area contributed by atoms with Crippen LogP contribution in [0.3, 0.4) is 0 Å². The number of hydrogen-bond donors (Lipinski definition) is 3. The lowest BCUT2D eigenvalue weighted by Gasteiger charge is -2.23. The van der Waals surface area contributed by atoms with Crippen molar-refractivity contribution in [2.24, 2.45) is 0 Å². The fourth-order valence-electron chi connectivity index (χ4n) is 4.83. The van der Waals surface area contributed by atoms with Gasteiger partial charge in [0, 0.05) is 47.7 Å². The van der Waals surface area contributed by atoms with Gasteiger partial charge in [0.2, 0.25) is 5.95 Å². The Morgan fingerprint density at radius 2 is 2.05 bits per heavy atom. The Kier molecular flexibility index (Phi) is 7.28. The first-order valence-electron chi connectivity index (χ1n) is 12.4. The number of hydrogen-bond acceptors (Lipinski definition) is 8. The first kappa shape index (κ1) is 25.4. The number of halogens is 1. The van der Waals surface area contributed by atoms with Crippen LogP contribution in [0.1, 0.15) is 47.8 Å². The van der Waals surface area contributed by atoms with Crippen LogP contribution in [0.15, 0.2) is 36.7 Å². The summed E-state index contributed by atoms with van der Waals surface area (Å²) in [5.41, 5.74) is 4.09. The van der Waals surface area contributed by atoms with Crippen LogP contribution < -0.4 is 15.4 Å². The molecule has 0 bridgehead atoms. The van der Waals surface area contributed by atoms with Crippen molar-refractivity contribution >= 4 is 29.1 Å². The highest BCUT2D eigenvalue weighted by atomic mass is 35.5. The summed E-state index contributed by atoms with van der Waals surface area (Å²) in [6.07, 6.45) is 6.58. The fraction of sp³-hybridized carbons (Fsp3) is 0.407. The summed E-state index contributed by atoms with van der Waals surface area (Å²) in [4.78, 5) is 26.3. The Bertz CT molecular complexity index is 1310. The number of aryl methyl sites for hydroxylation is 1. The molecule has 1 unspecified atom stereocenters. The molecule has 0 saturated carbocycles. The molecule has 1 atom stereocenters. The molecular formula is C27H30ClN5O4. The Labute approximate surface area is 220 Å². The van der Waals surface area contributed by atoms with Crippen LogP contribution in [0.25, 0.3) is 11.3 Å². The molecule has 37 heavy (non-hydrogen) atoms. The number of ether oxygens (including phenoxy) is 2. The van der Waals surface area contributed by atoms with E-state index in [1.165, 1.54) is 6.20 Å². The number of rotatable bonds is 7. The maximum atomic E-state index is 12.7. The topological polar surface area (TPSA) is 118 Å². The Morgan fingerprint density at radius 3 is 2.81 bits per heavy atom. The zero-order valence-corrected chi connectivity index (χ0v) is 21.6. The average molecular weight is 524 g/mol. The molecule has 1 saturated heterocycles. The number of carbonyl (C=O) groups is 1. The summed E-state index contributed by atoms with van der Waals surface area (Å²) in [6, 6.07) is 7.30. The minimum Gasteiger partial charge on any atom is -0.495 e. The molecule has 1 aromatic carbocycles. The van der Waals surface area contributed by atoms with Crippen LogP contribution in [0.2, 0.25) is 5.02 Å². The van der Waals surface area contributed by atoms with E-state index >= 15 is 0 Å². The summed E-state index contributed by atoms with van der Waals surface area (Å²) >= 11 is 6.48. The van der Waals surface area contributed by atoms with Gasteiger partial charge in [-0.3, -0.25) is 9.78 Å². The van der Waals surface area contributed by atoms with Crippen molar-refractivity contribution < 1.29 is 19.4 Å². The number of carbonyl (C=O) groups excluding carboxylic acids is 1. The van der Waals surface area contributed by atoms with E-state index in [9.17, 15) is 9.90 Å². The van der Waals surface area contributed by atoms with Crippen LogP contribution >= 0.6 is 11.6 Å². The van der Waals surface area contributed by atoms with Gasteiger partial charge in [0.25, 0.3) is 5.91 Å². The molecule has 1 aliphatic heterocycles. The number of aliphatic hydroxyl groups is 1. The molecular weight excluding hydrogens is 494 g/mol. The molecule has 3 heterocycles. The predicted molar refractivity (Wildman–Crippen MR) is 141 cm³/mol. The van der Waals surface area contributed by atoms with E-state index in [2.05, 4.69) is 25.6 Å². The first-order valence-corrected chi connectivity index (χ1v) is 12.7. The predicted octanol–water partition coefficient (Wildman–Crippen LogP) is 4.05. The number of methoxy groups -OCH3 is 1. The van der Waals surface area contributed by atoms with Gasteiger partial charge in [0.1, 0.15) is 5.75 Å². The molecule has 2 aromatic heterocycles. The van der Waals surface area contributed by atoms with Crippen LogP contribution in [0.5, 0.6) is 5.75 Å². The monoisotopic (exact) mass is 523 g/mol. The third-order valence-corrected chi connectivity index (χ3v) is 7.44. The van der Waals surface area contributed by atoms with Crippen molar-refractivity contribution in [1.29, 1.82) is 0 Å². The van der Waals surface area contributed by atoms with Crippen molar-refractivity contribution in [2.75, 3.05) is 32.2 Å². The highest BCUT2D eigenvalue weighted by Crippen LogP contribution is 2.40. The second-order valence-electron chi connectivity index (χ2n) is 9.73. The largest absolute Gasteiger partial charge is 0.495 e. The molecule has 1 fully saturated rings. The van der Waals surface area contributed by atoms with Gasteiger partial charge < -0.3 is 25.2 Å². The SMILES string of the molecule is COc1cc(C(=O)NC2CCOCC2)ccc1Nc1ncc(Cl)c(-c2cnc3c(c2)C(C)(CO)CC3)n1. The molecule has 9 nitrogen and oxygen atoms in total. The number of aromatic nitrogens is 3. The third-order valence-electron chi connectivity index (χ3n) is 7.17. The Morgan fingerprint density at radius 1 is 1.24 bits per heavy atom. The summed E-state index contributed by atoms with van der Waals surface area (Å²) in [5.74, 6) is 0.654. The Hall–Kier alpha value is -3.27. The number of pyridine rings is 1. The van der Waals surface area contributed by atoms with Gasteiger partial charge in [0.05, 0.1) is 36.3 Å². The van der Waals surface area contributed by atoms with Gasteiger partial charge in [-0.05, 0) is 55.5 Å². The summed E-state index contributed by atoms with van der Waals surface area (Å²) in [7, 11) is 1.54. The maximum Gasteiger partial charge on any atom is 0.251 e. The van der Waals surface area contributed by atoms with Crippen molar-refractivity contribution in [3.63, 3.8) is 0 Å². The maximum absolute atomic E-state index is 12.7. The molecule has 2 aliphatic rings. The molecule has 1 amide bonds. The number of amides is 1. The second kappa shape index (κ2) is 10.6. The molecule has 3 N–H and O–H groups in total. The minimum atomic E-state index is -0.328. The number of aliphatic hydroxyl groups excluding tert-OH is 1. The third kappa shape index (κ3) is 5.25. The number of fused-ring (bicyclic) bond motifs is 1. The van der Waals surface area contributed by atoms with E-state index < -0.39 is 0 Å². The van der Waals surface area contributed by atoms with Gasteiger partial charge in [-0.2, -0.15) is 0 Å². The highest BCUT2D eigenvalue weighted by Gasteiger charge is 2.35. The van der Waals surface area contributed by atoms with E-state index in [-0.39, 0.29) is 24.0 Å². The van der Waals surface area contributed by atoms with Crippen LogP contribution in [0.4, 0.5) is 11.6 Å². The van der Waals surface area contributed by atoms with E-state index in [4.69, 9.17) is 21.1 Å². The van der Waals surface area contributed by atoms with E-state index in [0.29, 0.717) is 46.9 Å². The highest BCUT2D eigenvalue weighted by molar-refractivity contribution is 6.32. The molecule has 10 heteroatoms. The van der Waals surface area contributed by atoms with Crippen molar-refractivity contribution in [3.8, 4) is 17.0 Å². The normalized spacial score (nSPS) is 19.4. The summed E-state index contributed by atoms with van der Waals surface area (Å²) in [5, 5.41) is 16.6. The van der Waals surface area contributed by atoms with Crippen molar-refractivity contribution in [3.05, 3.63) is 58.5 Å². The quantitative estimate of drug-likeness (QED) is 0.424. The van der Waals surface area contributed by atoms with Gasteiger partial charge in [0.15, 0.2) is 0 Å². The number of anilines is 2. The van der Waals surface area contributed by atoms with Crippen LogP contribution in [-0.4, -0.2) is 58.9 Å². The zero-order chi connectivity index (χ0) is 26.0. The average Bonchev–Trinajstić information content (AvgIpc) is 3.26. The van der Waals surface area contributed by atoms with E-state index in [1.807, 2.05) is 13.0 Å². The number of nitrogens with zero attached hydrogens (tertiary/aromatic N) is 3. The lowest BCUT2D eigenvalue weighted by Crippen LogP contribution is -2.38. The second-order valence-corrected chi connectivity index (χ2v) is 10.1. The lowest BCUT2D eigenvalue weighted by atomic mass is 9.85. The van der Waals surface area contributed by atoms with Gasteiger partial charge in [-0.1, -0.05) is 18.5 Å². The lowest BCUT2D eigenvalue weighted by molar-refractivity contribution is 0.0696. The van der Waals surface area contributed by atoms with Crippen LogP contribution in [-0.2, 0) is 16.6 Å². The summed E-state index contributed by atoms with van der Waals surface area (Å²) < 4.78 is 10.9. The summed E-state index contributed by atoms with van der Waals surface area (Å²) in [6.45, 7) is 3.40. The van der Waals surface area contributed by atoms with Gasteiger partial charge >= 0.3 is 0 Å². The fourth-order valence-corrected chi connectivity index (χ4v) is 5.03. The molecule has 0 spiro atoms. The molecule has 5 rings (SSSR count). The number of benzene rings is 1. The molecule has 194 valence electrons. The van der Waals surface area contributed by atoms with Crippen molar-refractivity contribution in [1.82, 2.24) is 20.3 Å². The van der Waals surface area contributed by atoms with Gasteiger partial charge in [-0.15, -0.1) is 0 Å². The van der Waals surface area contributed by atoms with E-state index in [0.717, 1.165) is 42.5 Å². The zero-order valence-electron chi connectivity index (χ0n) is 20.9. The molecule has 0 radical (unpaired) electrons.